The number of nitrogens with zero attached hydrogens (tertiary/aromatic N) is 2. The first kappa shape index (κ1) is 22.5. The fourth-order valence-corrected chi connectivity index (χ4v) is 3.99. The predicted molar refractivity (Wildman–Crippen MR) is 126 cm³/mol. The molecule has 0 aliphatic carbocycles. The molecule has 0 bridgehead atoms. The molecule has 0 atom stereocenters. The summed E-state index contributed by atoms with van der Waals surface area (Å²) in [6.45, 7) is 8.00. The van der Waals surface area contributed by atoms with Gasteiger partial charge in [-0.05, 0) is 42.3 Å². The van der Waals surface area contributed by atoms with Gasteiger partial charge in [-0.1, -0.05) is 43.8 Å². The molecular weight excluding hydrogens is 410 g/mol. The Bertz CT molecular complexity index is 1170. The average Bonchev–Trinajstić information content (AvgIpc) is 2.74. The minimum Gasteiger partial charge on any atom is -0.326 e. The topological polar surface area (TPSA) is 81.1 Å². The smallest absolute Gasteiger partial charge is 0.262 e. The molecule has 31 heavy (non-hydrogen) atoms. The van der Waals surface area contributed by atoms with E-state index in [4.69, 9.17) is 0 Å². The Morgan fingerprint density at radius 1 is 1.16 bits per heavy atom. The van der Waals surface area contributed by atoms with Crippen molar-refractivity contribution in [3.8, 4) is 0 Å². The van der Waals surface area contributed by atoms with Crippen LogP contribution in [0.4, 0.5) is 5.69 Å². The number of carbonyl (C=O) groups excluding carboxylic acids is 2. The molecule has 6 nitrogen and oxygen atoms in total. The summed E-state index contributed by atoms with van der Waals surface area (Å²) in [6.07, 6.45) is 2.08. The third-order valence-corrected chi connectivity index (χ3v) is 5.53. The summed E-state index contributed by atoms with van der Waals surface area (Å²) in [4.78, 5) is 41.9. The SMILES string of the molecule is C=CCn1c(SCC(=O)c2ccc(NC(=O)CC(C)C)cc2)nc2ccccc2c1=O. The third kappa shape index (κ3) is 5.70. The number of thioether (sulfide) groups is 1. The summed E-state index contributed by atoms with van der Waals surface area (Å²) in [5, 5.41) is 3.85. The van der Waals surface area contributed by atoms with Crippen molar-refractivity contribution < 1.29 is 9.59 Å². The van der Waals surface area contributed by atoms with E-state index in [1.165, 1.54) is 16.3 Å². The van der Waals surface area contributed by atoms with E-state index in [1.807, 2.05) is 19.9 Å². The number of hydrogen-bond donors (Lipinski definition) is 1. The summed E-state index contributed by atoms with van der Waals surface area (Å²) >= 11 is 1.23. The molecule has 1 N–H and O–H groups in total. The van der Waals surface area contributed by atoms with Gasteiger partial charge in [0.2, 0.25) is 5.91 Å². The van der Waals surface area contributed by atoms with Gasteiger partial charge in [0.05, 0.1) is 16.7 Å². The molecule has 0 unspecified atom stereocenters. The summed E-state index contributed by atoms with van der Waals surface area (Å²) < 4.78 is 1.53. The van der Waals surface area contributed by atoms with Crippen LogP contribution in [0.5, 0.6) is 0 Å². The largest absolute Gasteiger partial charge is 0.326 e. The van der Waals surface area contributed by atoms with Gasteiger partial charge >= 0.3 is 0 Å². The Labute approximate surface area is 185 Å². The van der Waals surface area contributed by atoms with Crippen LogP contribution in [0, 0.1) is 5.92 Å². The van der Waals surface area contributed by atoms with Gasteiger partial charge < -0.3 is 5.32 Å². The average molecular weight is 436 g/mol. The van der Waals surface area contributed by atoms with Gasteiger partial charge in [-0.15, -0.1) is 6.58 Å². The number of anilines is 1. The second-order valence-electron chi connectivity index (χ2n) is 7.55. The zero-order valence-corrected chi connectivity index (χ0v) is 18.4. The van der Waals surface area contributed by atoms with E-state index in [1.54, 1.807) is 48.5 Å². The molecule has 1 aromatic heterocycles. The molecule has 3 rings (SSSR count). The third-order valence-electron chi connectivity index (χ3n) is 4.55. The van der Waals surface area contributed by atoms with Crippen LogP contribution in [0.15, 0.2) is 71.1 Å². The first-order valence-corrected chi connectivity index (χ1v) is 11.0. The van der Waals surface area contributed by atoms with E-state index >= 15 is 0 Å². The normalized spacial score (nSPS) is 10.9. The van der Waals surface area contributed by atoms with Gasteiger partial charge in [0.15, 0.2) is 10.9 Å². The molecule has 1 heterocycles. The fraction of sp³-hybridized carbons (Fsp3) is 0.250. The molecule has 3 aromatic rings. The van der Waals surface area contributed by atoms with Gasteiger partial charge in [-0.2, -0.15) is 0 Å². The van der Waals surface area contributed by atoms with E-state index in [2.05, 4.69) is 16.9 Å². The van der Waals surface area contributed by atoms with E-state index < -0.39 is 0 Å². The number of aromatic nitrogens is 2. The highest BCUT2D eigenvalue weighted by molar-refractivity contribution is 7.99. The van der Waals surface area contributed by atoms with Gasteiger partial charge in [0.1, 0.15) is 0 Å². The number of rotatable bonds is 9. The molecular formula is C24H25N3O3S. The Morgan fingerprint density at radius 2 is 1.87 bits per heavy atom. The monoisotopic (exact) mass is 435 g/mol. The molecule has 0 aliphatic rings. The Morgan fingerprint density at radius 3 is 2.55 bits per heavy atom. The number of Topliss-reactive ketones (excluding diaryl/α,β-unsaturated/α-hetero) is 1. The number of benzene rings is 2. The number of nitrogens with one attached hydrogen (secondary N) is 1. The standard InChI is InChI=1S/C24H25N3O3S/c1-4-13-27-23(30)19-7-5-6-8-20(19)26-24(27)31-15-21(28)17-9-11-18(12-10-17)25-22(29)14-16(2)3/h4-12,16H,1,13-15H2,2-3H3,(H,25,29). The molecule has 160 valence electrons. The molecule has 0 spiro atoms. The summed E-state index contributed by atoms with van der Waals surface area (Å²) in [7, 11) is 0. The number of hydrogen-bond acceptors (Lipinski definition) is 5. The van der Waals surface area contributed by atoms with Crippen LogP contribution >= 0.6 is 11.8 Å². The van der Waals surface area contributed by atoms with E-state index in [0.717, 1.165) is 0 Å². The first-order valence-electron chi connectivity index (χ1n) is 10.1. The number of ketones is 1. The molecule has 0 saturated carbocycles. The van der Waals surface area contributed by atoms with Crippen LogP contribution in [0.25, 0.3) is 10.9 Å². The van der Waals surface area contributed by atoms with Crippen molar-refractivity contribution in [2.45, 2.75) is 32.0 Å². The first-order chi connectivity index (χ1) is 14.9. The maximum atomic E-state index is 12.8. The lowest BCUT2D eigenvalue weighted by atomic mass is 10.1. The van der Waals surface area contributed by atoms with Crippen molar-refractivity contribution >= 4 is 40.0 Å². The molecule has 2 aromatic carbocycles. The molecule has 0 radical (unpaired) electrons. The Kier molecular flexibility index (Phi) is 7.41. The van der Waals surface area contributed by atoms with Crippen molar-refractivity contribution in [2.75, 3.05) is 11.1 Å². The maximum Gasteiger partial charge on any atom is 0.262 e. The Balaban J connectivity index is 1.72. The second kappa shape index (κ2) is 10.2. The highest BCUT2D eigenvalue weighted by Crippen LogP contribution is 2.20. The molecule has 1 amide bonds. The van der Waals surface area contributed by atoms with Crippen LogP contribution < -0.4 is 10.9 Å². The summed E-state index contributed by atoms with van der Waals surface area (Å²) in [5.74, 6) is 0.283. The number of allylic oxidation sites excluding steroid dienone is 1. The van der Waals surface area contributed by atoms with Crippen molar-refractivity contribution in [2.24, 2.45) is 5.92 Å². The maximum absolute atomic E-state index is 12.8. The van der Waals surface area contributed by atoms with Crippen molar-refractivity contribution in [3.05, 3.63) is 77.1 Å². The van der Waals surface area contributed by atoms with E-state index in [0.29, 0.717) is 40.3 Å². The fourth-order valence-electron chi connectivity index (χ4n) is 3.08. The lowest BCUT2D eigenvalue weighted by molar-refractivity contribution is -0.116. The van der Waals surface area contributed by atoms with Gasteiger partial charge in [-0.3, -0.25) is 19.0 Å². The highest BCUT2D eigenvalue weighted by atomic mass is 32.2. The summed E-state index contributed by atoms with van der Waals surface area (Å²) in [6, 6.07) is 14.0. The van der Waals surface area contributed by atoms with Gasteiger partial charge in [0.25, 0.3) is 5.56 Å². The minimum absolute atomic E-state index is 0.0489. The van der Waals surface area contributed by atoms with Crippen molar-refractivity contribution in [1.29, 1.82) is 0 Å². The lowest BCUT2D eigenvalue weighted by Crippen LogP contribution is -2.23. The number of carbonyl (C=O) groups is 2. The minimum atomic E-state index is -0.151. The van der Waals surface area contributed by atoms with Crippen LogP contribution in [0.1, 0.15) is 30.6 Å². The summed E-state index contributed by atoms with van der Waals surface area (Å²) in [5.41, 5.74) is 1.64. The van der Waals surface area contributed by atoms with Crippen LogP contribution in [-0.2, 0) is 11.3 Å². The van der Waals surface area contributed by atoms with Gasteiger partial charge in [0, 0.05) is 24.2 Å². The highest BCUT2D eigenvalue weighted by Gasteiger charge is 2.14. The Hall–Kier alpha value is -3.19. The zero-order chi connectivity index (χ0) is 22.4. The number of para-hydroxylation sites is 1. The predicted octanol–water partition coefficient (Wildman–Crippen LogP) is 4.54. The van der Waals surface area contributed by atoms with Crippen LogP contribution in [0.2, 0.25) is 0 Å². The molecule has 0 aliphatic heterocycles. The zero-order valence-electron chi connectivity index (χ0n) is 17.6. The number of amides is 1. The van der Waals surface area contributed by atoms with E-state index in [-0.39, 0.29) is 28.9 Å². The van der Waals surface area contributed by atoms with Gasteiger partial charge in [-0.25, -0.2) is 4.98 Å². The number of fused-ring (bicyclic) bond motifs is 1. The molecule has 7 heteroatoms. The van der Waals surface area contributed by atoms with E-state index in [9.17, 15) is 14.4 Å². The van der Waals surface area contributed by atoms with Crippen LogP contribution in [0.3, 0.4) is 0 Å². The lowest BCUT2D eigenvalue weighted by Gasteiger charge is -2.11. The molecule has 0 fully saturated rings. The van der Waals surface area contributed by atoms with Crippen LogP contribution in [-0.4, -0.2) is 27.0 Å². The van der Waals surface area contributed by atoms with Crippen molar-refractivity contribution in [3.63, 3.8) is 0 Å². The molecule has 0 saturated heterocycles. The van der Waals surface area contributed by atoms with Crippen molar-refractivity contribution in [1.82, 2.24) is 9.55 Å². The second-order valence-corrected chi connectivity index (χ2v) is 8.49. The quantitative estimate of drug-likeness (QED) is 0.231.